The van der Waals surface area contributed by atoms with E-state index in [1.807, 2.05) is 0 Å². The number of nitrogens with one attached hydrogen (secondary N) is 4. The van der Waals surface area contributed by atoms with Crippen molar-refractivity contribution in [3.8, 4) is 0 Å². The number of amides is 2. The van der Waals surface area contributed by atoms with Crippen LogP contribution in [0.1, 0.15) is 35.7 Å². The lowest BCUT2D eigenvalue weighted by atomic mass is 9.99. The molecule has 11 heteroatoms. The molecule has 1 aromatic carbocycles. The minimum Gasteiger partial charge on any atom is -0.313 e. The molecule has 0 aliphatic carbocycles. The predicted octanol–water partition coefficient (Wildman–Crippen LogP) is 2.43. The number of rotatable bonds is 4. The van der Waals surface area contributed by atoms with Gasteiger partial charge in [-0.25, -0.2) is 14.3 Å². The monoisotopic (exact) mass is 431 g/mol. The van der Waals surface area contributed by atoms with Crippen molar-refractivity contribution in [3.05, 3.63) is 56.2 Å². The van der Waals surface area contributed by atoms with Crippen molar-refractivity contribution in [2.75, 3.05) is 12.4 Å². The number of carbonyl (C=O) groups excluding carboxylic acids is 1. The second kappa shape index (κ2) is 7.86. The second-order valence-electron chi connectivity index (χ2n) is 7.11. The van der Waals surface area contributed by atoms with Gasteiger partial charge in [0.15, 0.2) is 0 Å². The smallest absolute Gasteiger partial charge is 0.313 e. The van der Waals surface area contributed by atoms with E-state index in [-0.39, 0.29) is 39.6 Å². The number of urea groups is 1. The Labute approximate surface area is 175 Å². The topological polar surface area (TPSA) is 126 Å². The van der Waals surface area contributed by atoms with Crippen LogP contribution >= 0.6 is 11.6 Å². The van der Waals surface area contributed by atoms with Gasteiger partial charge >= 0.3 is 6.03 Å². The van der Waals surface area contributed by atoms with Crippen LogP contribution in [0.25, 0.3) is 0 Å². The van der Waals surface area contributed by atoms with Crippen LogP contribution in [0.15, 0.2) is 28.1 Å². The maximum Gasteiger partial charge on any atom is 0.322 e. The van der Waals surface area contributed by atoms with E-state index in [1.165, 1.54) is 12.1 Å². The van der Waals surface area contributed by atoms with E-state index in [2.05, 4.69) is 26.0 Å². The first-order valence-corrected chi connectivity index (χ1v) is 9.72. The van der Waals surface area contributed by atoms with Gasteiger partial charge in [-0.2, -0.15) is 10.2 Å². The minimum absolute atomic E-state index is 0.0674. The van der Waals surface area contributed by atoms with Crippen LogP contribution in [0.2, 0.25) is 5.02 Å². The van der Waals surface area contributed by atoms with Crippen LogP contribution < -0.4 is 16.3 Å². The van der Waals surface area contributed by atoms with Gasteiger partial charge in [0.05, 0.1) is 22.4 Å². The van der Waals surface area contributed by atoms with E-state index in [0.717, 1.165) is 30.7 Å². The molecule has 1 aromatic heterocycles. The first kappa shape index (κ1) is 20.0. The molecule has 0 unspecified atom stereocenters. The number of aromatic nitrogens is 2. The van der Waals surface area contributed by atoms with Gasteiger partial charge in [0, 0.05) is 30.9 Å². The van der Waals surface area contributed by atoms with Gasteiger partial charge in [-0.1, -0.05) is 11.6 Å². The zero-order chi connectivity index (χ0) is 21.4. The normalized spacial score (nSPS) is 20.0. The molecule has 2 atom stereocenters. The number of aromatic amines is 1. The number of H-pyrrole nitrogens is 1. The molecule has 2 bridgehead atoms. The lowest BCUT2D eigenvalue weighted by Gasteiger charge is -2.35. The maximum atomic E-state index is 14.7. The first-order chi connectivity index (χ1) is 14.4. The molecule has 3 heterocycles. The fourth-order valence-electron chi connectivity index (χ4n) is 4.13. The Morgan fingerprint density at radius 2 is 2.23 bits per heavy atom. The Balaban J connectivity index is 1.60. The standard InChI is InChI=1S/C19H19ClFN7O2/c1-23-25-15(8-22)11-6-13(21)14(7-12(11)20)24-19(30)28-10-2-3-16(28)18-9(4-10)5-17(29)26-27-18/h5-8,10,16,22-23H,2-4H2,1H3,(H,24,30)(H,26,29)/b22-8?,25-15+/t10-,16+/m0/s1. The Bertz CT molecular complexity index is 1120. The number of hydrazone groups is 1. The molecule has 0 saturated carbocycles. The summed E-state index contributed by atoms with van der Waals surface area (Å²) in [6.45, 7) is 0. The third-order valence-electron chi connectivity index (χ3n) is 5.37. The molecule has 4 N–H and O–H groups in total. The molecule has 2 aliphatic rings. The number of hydrogen-bond acceptors (Lipinski definition) is 6. The minimum atomic E-state index is -0.694. The van der Waals surface area contributed by atoms with Crippen LogP contribution in [0, 0.1) is 11.2 Å². The molecule has 2 aliphatic heterocycles. The SMILES string of the molecule is CN/N=C(\C=N)c1cc(F)c(NC(=O)N2[C@H]3CC[C@@H]2c2n[nH]c(=O)cc2C3)cc1Cl. The van der Waals surface area contributed by atoms with E-state index >= 15 is 0 Å². The van der Waals surface area contributed by atoms with E-state index in [1.54, 1.807) is 11.9 Å². The lowest BCUT2D eigenvalue weighted by Crippen LogP contribution is -2.45. The molecule has 1 fully saturated rings. The van der Waals surface area contributed by atoms with Crippen LogP contribution in [0.4, 0.5) is 14.9 Å². The summed E-state index contributed by atoms with van der Waals surface area (Å²) >= 11 is 6.24. The summed E-state index contributed by atoms with van der Waals surface area (Å²) in [7, 11) is 1.55. The molecule has 4 rings (SSSR count). The van der Waals surface area contributed by atoms with Crippen molar-refractivity contribution in [1.29, 1.82) is 5.41 Å². The number of fused-ring (bicyclic) bond motifs is 4. The fraction of sp³-hybridized carbons (Fsp3) is 0.316. The van der Waals surface area contributed by atoms with E-state index in [9.17, 15) is 14.0 Å². The fourth-order valence-corrected chi connectivity index (χ4v) is 4.39. The van der Waals surface area contributed by atoms with Gasteiger partial charge < -0.3 is 21.1 Å². The lowest BCUT2D eigenvalue weighted by molar-refractivity contribution is 0.177. The largest absolute Gasteiger partial charge is 0.322 e. The van der Waals surface area contributed by atoms with Crippen molar-refractivity contribution in [2.24, 2.45) is 5.10 Å². The van der Waals surface area contributed by atoms with Gasteiger partial charge in [0.25, 0.3) is 5.56 Å². The average molecular weight is 432 g/mol. The molecule has 2 aromatic rings. The summed E-state index contributed by atoms with van der Waals surface area (Å²) < 4.78 is 14.7. The van der Waals surface area contributed by atoms with Crippen molar-refractivity contribution in [1.82, 2.24) is 20.5 Å². The zero-order valence-corrected chi connectivity index (χ0v) is 16.8. The highest BCUT2D eigenvalue weighted by atomic mass is 35.5. The van der Waals surface area contributed by atoms with E-state index < -0.39 is 11.8 Å². The Kier molecular flexibility index (Phi) is 5.25. The molecule has 9 nitrogen and oxygen atoms in total. The van der Waals surface area contributed by atoms with Gasteiger partial charge in [-0.05, 0) is 37.0 Å². The second-order valence-corrected chi connectivity index (χ2v) is 7.52. The highest BCUT2D eigenvalue weighted by Crippen LogP contribution is 2.42. The number of anilines is 1. The average Bonchev–Trinajstić information content (AvgIpc) is 3.04. The van der Waals surface area contributed by atoms with Gasteiger partial charge in [0.2, 0.25) is 0 Å². The summed E-state index contributed by atoms with van der Waals surface area (Å²) in [6.07, 6.45) is 2.97. The zero-order valence-electron chi connectivity index (χ0n) is 16.0. The number of benzene rings is 1. The Morgan fingerprint density at radius 3 is 2.97 bits per heavy atom. The first-order valence-electron chi connectivity index (χ1n) is 9.35. The molecule has 1 saturated heterocycles. The molecule has 30 heavy (non-hydrogen) atoms. The van der Waals surface area contributed by atoms with Gasteiger partial charge in [-0.15, -0.1) is 0 Å². The summed E-state index contributed by atoms with van der Waals surface area (Å²) in [6, 6.07) is 3.13. The maximum absolute atomic E-state index is 14.7. The molecular formula is C19H19ClFN7O2. The quantitative estimate of drug-likeness (QED) is 0.438. The molecule has 0 spiro atoms. The van der Waals surface area contributed by atoms with Crippen molar-refractivity contribution >= 4 is 35.2 Å². The summed E-state index contributed by atoms with van der Waals surface area (Å²) in [5.41, 5.74) is 4.10. The predicted molar refractivity (Wildman–Crippen MR) is 111 cm³/mol. The van der Waals surface area contributed by atoms with Crippen molar-refractivity contribution in [2.45, 2.75) is 31.3 Å². The van der Waals surface area contributed by atoms with Gasteiger partial charge in [0.1, 0.15) is 11.5 Å². The number of carbonyl (C=O) groups is 1. The summed E-state index contributed by atoms with van der Waals surface area (Å²) in [4.78, 5) is 26.2. The third-order valence-corrected chi connectivity index (χ3v) is 5.69. The number of nitrogens with zero attached hydrogens (tertiary/aromatic N) is 3. The van der Waals surface area contributed by atoms with E-state index in [4.69, 9.17) is 17.0 Å². The van der Waals surface area contributed by atoms with Crippen LogP contribution in [0.5, 0.6) is 0 Å². The summed E-state index contributed by atoms with van der Waals surface area (Å²) in [5, 5.41) is 20.6. The van der Waals surface area contributed by atoms with Crippen molar-refractivity contribution in [3.63, 3.8) is 0 Å². The molecule has 156 valence electrons. The Hall–Kier alpha value is -3.27. The highest BCUT2D eigenvalue weighted by Gasteiger charge is 2.44. The third kappa shape index (κ3) is 3.43. The van der Waals surface area contributed by atoms with Crippen LogP contribution in [-0.4, -0.2) is 46.1 Å². The van der Waals surface area contributed by atoms with Crippen molar-refractivity contribution < 1.29 is 9.18 Å². The molecule has 2 amide bonds. The number of halogens is 2. The molecular weight excluding hydrogens is 413 g/mol. The van der Waals surface area contributed by atoms with Crippen LogP contribution in [-0.2, 0) is 6.42 Å². The van der Waals surface area contributed by atoms with Crippen LogP contribution in [0.3, 0.4) is 0 Å². The highest BCUT2D eigenvalue weighted by molar-refractivity contribution is 6.43. The molecule has 0 radical (unpaired) electrons. The number of hydrogen-bond donors (Lipinski definition) is 4. The summed E-state index contributed by atoms with van der Waals surface area (Å²) in [5.74, 6) is -0.694. The Morgan fingerprint density at radius 1 is 1.43 bits per heavy atom. The van der Waals surface area contributed by atoms with Gasteiger partial charge in [-0.3, -0.25) is 4.79 Å². The van der Waals surface area contributed by atoms with E-state index in [0.29, 0.717) is 12.1 Å².